The number of aliphatic imine (C=N–C) groups is 1. The molecule has 1 heterocycles. The molecule has 0 saturated heterocycles. The first-order valence-electron chi connectivity index (χ1n) is 7.01. The van der Waals surface area contributed by atoms with Crippen LogP contribution in [0.25, 0.3) is 0 Å². The topological polar surface area (TPSA) is 68.2 Å². The summed E-state index contributed by atoms with van der Waals surface area (Å²) >= 11 is 0. The van der Waals surface area contributed by atoms with E-state index in [0.717, 1.165) is 22.6 Å². The van der Waals surface area contributed by atoms with Crippen LogP contribution in [0.15, 0.2) is 23.2 Å². The van der Waals surface area contributed by atoms with Crippen molar-refractivity contribution >= 4 is 11.6 Å². The maximum Gasteiger partial charge on any atom is 0.193 e. The minimum absolute atomic E-state index is 0.419. The molecule has 5 nitrogen and oxygen atoms in total. The van der Waals surface area contributed by atoms with Gasteiger partial charge in [-0.05, 0) is 51.0 Å². The number of nitrogens with one attached hydrogen (secondary N) is 1. The normalized spacial score (nSPS) is 11.8. The number of guanidine groups is 1. The van der Waals surface area contributed by atoms with Gasteiger partial charge in [0.25, 0.3) is 0 Å². The summed E-state index contributed by atoms with van der Waals surface area (Å²) in [5.41, 5.74) is 12.6. The summed E-state index contributed by atoms with van der Waals surface area (Å²) in [7, 11) is 1.94. The van der Waals surface area contributed by atoms with E-state index >= 15 is 0 Å². The fourth-order valence-corrected chi connectivity index (χ4v) is 2.44. The van der Waals surface area contributed by atoms with Gasteiger partial charge >= 0.3 is 0 Å². The van der Waals surface area contributed by atoms with Crippen molar-refractivity contribution in [3.05, 3.63) is 46.3 Å². The second-order valence-corrected chi connectivity index (χ2v) is 5.48. The van der Waals surface area contributed by atoms with E-state index in [1.54, 1.807) is 0 Å². The average Bonchev–Trinajstić information content (AvgIpc) is 2.60. The van der Waals surface area contributed by atoms with Gasteiger partial charge < -0.3 is 11.1 Å². The summed E-state index contributed by atoms with van der Waals surface area (Å²) in [6.45, 7) is 8.70. The standard InChI is InChI=1S/C16H23N5/c1-10-6-11(2)8-14(7-10)19-16(17)18-9-15-12(3)20-21(5)13(15)4/h6-8H,9H2,1-5H3,(H3,17,18,19). The molecule has 0 aliphatic heterocycles. The number of rotatable bonds is 3. The van der Waals surface area contributed by atoms with Crippen molar-refractivity contribution in [2.75, 3.05) is 5.32 Å². The molecule has 5 heteroatoms. The monoisotopic (exact) mass is 285 g/mol. The van der Waals surface area contributed by atoms with Gasteiger partial charge in [0, 0.05) is 24.0 Å². The summed E-state index contributed by atoms with van der Waals surface area (Å²) in [6, 6.07) is 6.23. The van der Waals surface area contributed by atoms with E-state index < -0.39 is 0 Å². The van der Waals surface area contributed by atoms with Crippen molar-refractivity contribution in [3.8, 4) is 0 Å². The highest BCUT2D eigenvalue weighted by atomic mass is 15.3. The molecule has 21 heavy (non-hydrogen) atoms. The molecule has 0 amide bonds. The predicted molar refractivity (Wildman–Crippen MR) is 87.5 cm³/mol. The third-order valence-electron chi connectivity index (χ3n) is 3.56. The molecule has 2 rings (SSSR count). The predicted octanol–water partition coefficient (Wildman–Crippen LogP) is 2.58. The number of hydrogen-bond donors (Lipinski definition) is 2. The number of nitrogens with two attached hydrogens (primary N) is 1. The first kappa shape index (κ1) is 15.1. The van der Waals surface area contributed by atoms with Crippen molar-refractivity contribution in [2.24, 2.45) is 17.8 Å². The molecule has 0 aliphatic carbocycles. The Morgan fingerprint density at radius 2 is 1.81 bits per heavy atom. The zero-order chi connectivity index (χ0) is 15.6. The molecule has 1 aromatic heterocycles. The number of nitrogens with zero attached hydrogens (tertiary/aromatic N) is 3. The fraction of sp³-hybridized carbons (Fsp3) is 0.375. The molecule has 0 spiro atoms. The molecular formula is C16H23N5. The molecule has 112 valence electrons. The summed E-state index contributed by atoms with van der Waals surface area (Å²) in [5, 5.41) is 7.52. The Morgan fingerprint density at radius 1 is 1.19 bits per heavy atom. The minimum atomic E-state index is 0.419. The van der Waals surface area contributed by atoms with E-state index in [1.807, 2.05) is 25.6 Å². The van der Waals surface area contributed by atoms with E-state index in [9.17, 15) is 0 Å². The summed E-state index contributed by atoms with van der Waals surface area (Å²) < 4.78 is 1.87. The highest BCUT2D eigenvalue weighted by Gasteiger charge is 2.08. The van der Waals surface area contributed by atoms with Crippen molar-refractivity contribution in [2.45, 2.75) is 34.2 Å². The number of aryl methyl sites for hydroxylation is 4. The lowest BCUT2D eigenvalue weighted by Crippen LogP contribution is -2.22. The van der Waals surface area contributed by atoms with Crippen LogP contribution in [0.2, 0.25) is 0 Å². The Hall–Kier alpha value is -2.30. The molecule has 0 radical (unpaired) electrons. The lowest BCUT2D eigenvalue weighted by Gasteiger charge is -2.08. The Balaban J connectivity index is 2.11. The van der Waals surface area contributed by atoms with Crippen molar-refractivity contribution < 1.29 is 0 Å². The van der Waals surface area contributed by atoms with E-state index in [2.05, 4.69) is 47.5 Å². The SMILES string of the molecule is Cc1cc(C)cc(NC(N)=NCc2c(C)nn(C)c2C)c1. The summed E-state index contributed by atoms with van der Waals surface area (Å²) in [5.74, 6) is 0.419. The second-order valence-electron chi connectivity index (χ2n) is 5.48. The molecular weight excluding hydrogens is 262 g/mol. The van der Waals surface area contributed by atoms with Crippen LogP contribution >= 0.6 is 0 Å². The van der Waals surface area contributed by atoms with Gasteiger partial charge in [-0.25, -0.2) is 4.99 Å². The third-order valence-corrected chi connectivity index (χ3v) is 3.56. The van der Waals surface area contributed by atoms with Gasteiger partial charge in [-0.1, -0.05) is 6.07 Å². The van der Waals surface area contributed by atoms with E-state index in [-0.39, 0.29) is 0 Å². The first-order valence-corrected chi connectivity index (χ1v) is 7.01. The van der Waals surface area contributed by atoms with Gasteiger partial charge in [-0.3, -0.25) is 4.68 Å². The molecule has 3 N–H and O–H groups in total. The Bertz CT molecular complexity index is 662. The lowest BCUT2D eigenvalue weighted by molar-refractivity contribution is 0.730. The minimum Gasteiger partial charge on any atom is -0.370 e. The number of aromatic nitrogens is 2. The average molecular weight is 285 g/mol. The number of anilines is 1. The molecule has 0 aliphatic rings. The fourth-order valence-electron chi connectivity index (χ4n) is 2.44. The Labute approximate surface area is 125 Å². The highest BCUT2D eigenvalue weighted by molar-refractivity contribution is 5.92. The molecule has 0 saturated carbocycles. The number of hydrogen-bond acceptors (Lipinski definition) is 2. The molecule has 0 fully saturated rings. The summed E-state index contributed by atoms with van der Waals surface area (Å²) in [6.07, 6.45) is 0. The van der Waals surface area contributed by atoms with E-state index in [4.69, 9.17) is 5.73 Å². The first-order chi connectivity index (χ1) is 9.86. The molecule has 0 bridgehead atoms. The van der Waals surface area contributed by atoms with Crippen LogP contribution in [0, 0.1) is 27.7 Å². The molecule has 1 aromatic carbocycles. The largest absolute Gasteiger partial charge is 0.370 e. The summed E-state index contributed by atoms with van der Waals surface area (Å²) in [4.78, 5) is 4.41. The van der Waals surface area contributed by atoms with Crippen molar-refractivity contribution in [1.82, 2.24) is 9.78 Å². The van der Waals surface area contributed by atoms with Crippen LogP contribution in [0.5, 0.6) is 0 Å². The maximum absolute atomic E-state index is 5.97. The van der Waals surface area contributed by atoms with Gasteiger partial charge in [0.2, 0.25) is 0 Å². The van der Waals surface area contributed by atoms with Crippen LogP contribution < -0.4 is 11.1 Å². The second kappa shape index (κ2) is 5.99. The molecule has 2 aromatic rings. The zero-order valence-electron chi connectivity index (χ0n) is 13.4. The number of benzene rings is 1. The van der Waals surface area contributed by atoms with Gasteiger partial charge in [-0.15, -0.1) is 0 Å². The van der Waals surface area contributed by atoms with Crippen LogP contribution in [-0.2, 0) is 13.6 Å². The van der Waals surface area contributed by atoms with Crippen LogP contribution in [-0.4, -0.2) is 15.7 Å². The smallest absolute Gasteiger partial charge is 0.193 e. The van der Waals surface area contributed by atoms with E-state index in [0.29, 0.717) is 12.5 Å². The highest BCUT2D eigenvalue weighted by Crippen LogP contribution is 2.15. The zero-order valence-corrected chi connectivity index (χ0v) is 13.4. The third kappa shape index (κ3) is 3.62. The van der Waals surface area contributed by atoms with Crippen molar-refractivity contribution in [1.29, 1.82) is 0 Å². The maximum atomic E-state index is 5.97. The van der Waals surface area contributed by atoms with Gasteiger partial charge in [0.15, 0.2) is 5.96 Å². The van der Waals surface area contributed by atoms with Gasteiger partial charge in [-0.2, -0.15) is 5.10 Å². The van der Waals surface area contributed by atoms with Crippen molar-refractivity contribution in [3.63, 3.8) is 0 Å². The van der Waals surface area contributed by atoms with Crippen LogP contribution in [0.4, 0.5) is 5.69 Å². The molecule has 0 unspecified atom stereocenters. The Morgan fingerprint density at radius 3 is 2.33 bits per heavy atom. The van der Waals surface area contributed by atoms with Gasteiger partial charge in [0.1, 0.15) is 0 Å². The van der Waals surface area contributed by atoms with Gasteiger partial charge in [0.05, 0.1) is 12.2 Å². The van der Waals surface area contributed by atoms with Crippen LogP contribution in [0.3, 0.4) is 0 Å². The lowest BCUT2D eigenvalue weighted by atomic mass is 10.1. The van der Waals surface area contributed by atoms with Crippen LogP contribution in [0.1, 0.15) is 28.1 Å². The molecule has 0 atom stereocenters. The Kier molecular flexibility index (Phi) is 4.31. The van der Waals surface area contributed by atoms with E-state index in [1.165, 1.54) is 11.1 Å². The quantitative estimate of drug-likeness (QED) is 0.673.